The Labute approximate surface area is 147 Å². The Balaban J connectivity index is 0.00000192. The molecule has 126 valence electrons. The van der Waals surface area contributed by atoms with Gasteiger partial charge in [-0.3, -0.25) is 0 Å². The lowest BCUT2D eigenvalue weighted by Crippen LogP contribution is -2.35. The number of hydrogen-bond acceptors (Lipinski definition) is 5. The molecule has 0 radical (unpaired) electrons. The summed E-state index contributed by atoms with van der Waals surface area (Å²) in [7, 11) is 3.22. The number of nitrogens with zero attached hydrogens (tertiary/aromatic N) is 3. The molecule has 1 aromatic heterocycles. The summed E-state index contributed by atoms with van der Waals surface area (Å²) >= 11 is 6.37. The van der Waals surface area contributed by atoms with Gasteiger partial charge in [-0.1, -0.05) is 18.5 Å². The van der Waals surface area contributed by atoms with Crippen molar-refractivity contribution in [2.45, 2.75) is 19.8 Å². The van der Waals surface area contributed by atoms with Crippen LogP contribution in [0.4, 0.5) is 5.95 Å². The Bertz CT molecular complexity index is 697. The predicted octanol–water partition coefficient (Wildman–Crippen LogP) is 3.96. The number of anilines is 1. The maximum Gasteiger partial charge on any atom is 0.227 e. The average Bonchev–Trinajstić information content (AvgIpc) is 2.53. The number of hydrogen-bond donors (Lipinski definition) is 0. The average molecular weight is 358 g/mol. The monoisotopic (exact) mass is 357 g/mol. The third-order valence-corrected chi connectivity index (χ3v) is 4.38. The zero-order chi connectivity index (χ0) is 15.7. The molecule has 23 heavy (non-hydrogen) atoms. The Morgan fingerprint density at radius 3 is 2.65 bits per heavy atom. The number of methoxy groups -OCH3 is 2. The zero-order valence-corrected chi connectivity index (χ0v) is 15.1. The maximum atomic E-state index is 6.37. The van der Waals surface area contributed by atoms with Crippen LogP contribution in [-0.2, 0) is 0 Å². The molecule has 0 spiro atoms. The predicted molar refractivity (Wildman–Crippen MR) is 95.5 cm³/mol. The van der Waals surface area contributed by atoms with Crippen molar-refractivity contribution in [3.8, 4) is 11.5 Å². The highest BCUT2D eigenvalue weighted by atomic mass is 35.5. The van der Waals surface area contributed by atoms with Gasteiger partial charge in [0.1, 0.15) is 10.7 Å². The van der Waals surface area contributed by atoms with Crippen LogP contribution < -0.4 is 14.4 Å². The zero-order valence-electron chi connectivity index (χ0n) is 13.5. The number of piperidine rings is 1. The van der Waals surface area contributed by atoms with Crippen molar-refractivity contribution >= 4 is 40.9 Å². The molecule has 1 unspecified atom stereocenters. The van der Waals surface area contributed by atoms with Crippen molar-refractivity contribution in [2.75, 3.05) is 32.2 Å². The summed E-state index contributed by atoms with van der Waals surface area (Å²) in [6, 6.07) is 3.68. The van der Waals surface area contributed by atoms with E-state index in [9.17, 15) is 0 Å². The van der Waals surface area contributed by atoms with E-state index < -0.39 is 0 Å². The minimum Gasteiger partial charge on any atom is -0.493 e. The highest BCUT2D eigenvalue weighted by Gasteiger charge is 2.21. The van der Waals surface area contributed by atoms with Gasteiger partial charge in [0.2, 0.25) is 5.95 Å². The van der Waals surface area contributed by atoms with Gasteiger partial charge in [-0.2, -0.15) is 0 Å². The fraction of sp³-hybridized carbons (Fsp3) is 0.500. The first kappa shape index (κ1) is 17.9. The van der Waals surface area contributed by atoms with E-state index in [2.05, 4.69) is 16.8 Å². The third-order valence-electron chi connectivity index (χ3n) is 4.09. The van der Waals surface area contributed by atoms with Crippen LogP contribution >= 0.6 is 24.0 Å². The summed E-state index contributed by atoms with van der Waals surface area (Å²) in [5.41, 5.74) is 0.690. The summed E-state index contributed by atoms with van der Waals surface area (Å²) in [6.07, 6.45) is 2.39. The number of halogens is 2. The molecule has 2 heterocycles. The summed E-state index contributed by atoms with van der Waals surface area (Å²) in [4.78, 5) is 11.4. The van der Waals surface area contributed by atoms with Crippen molar-refractivity contribution in [1.82, 2.24) is 9.97 Å². The van der Waals surface area contributed by atoms with E-state index in [0.717, 1.165) is 24.9 Å². The SMILES string of the molecule is COc1ccc2c(Cl)nc(N3CCCC(C)C3)nc2c1OC.Cl. The van der Waals surface area contributed by atoms with Gasteiger partial charge in [-0.25, -0.2) is 9.97 Å². The van der Waals surface area contributed by atoms with E-state index in [0.29, 0.717) is 34.0 Å². The molecule has 1 atom stereocenters. The molecule has 1 fully saturated rings. The summed E-state index contributed by atoms with van der Waals surface area (Å²) in [5.74, 6) is 2.54. The number of benzene rings is 1. The number of ether oxygens (including phenoxy) is 2. The lowest BCUT2D eigenvalue weighted by atomic mass is 10.0. The van der Waals surface area contributed by atoms with Crippen molar-refractivity contribution in [2.24, 2.45) is 5.92 Å². The molecule has 0 bridgehead atoms. The van der Waals surface area contributed by atoms with Crippen LogP contribution in [0.25, 0.3) is 10.9 Å². The second kappa shape index (κ2) is 7.41. The largest absolute Gasteiger partial charge is 0.493 e. The third kappa shape index (κ3) is 3.40. The molecule has 2 aromatic rings. The fourth-order valence-corrected chi connectivity index (χ4v) is 3.20. The summed E-state index contributed by atoms with van der Waals surface area (Å²) in [6.45, 7) is 4.16. The molecular weight excluding hydrogens is 337 g/mol. The highest BCUT2D eigenvalue weighted by molar-refractivity contribution is 6.34. The van der Waals surface area contributed by atoms with Gasteiger partial charge < -0.3 is 14.4 Å². The smallest absolute Gasteiger partial charge is 0.227 e. The number of fused-ring (bicyclic) bond motifs is 1. The van der Waals surface area contributed by atoms with Crippen LogP contribution in [-0.4, -0.2) is 37.3 Å². The molecule has 0 amide bonds. The van der Waals surface area contributed by atoms with Crippen molar-refractivity contribution in [1.29, 1.82) is 0 Å². The van der Waals surface area contributed by atoms with Gasteiger partial charge in [0.05, 0.1) is 14.2 Å². The lowest BCUT2D eigenvalue weighted by molar-refractivity contribution is 0.358. The van der Waals surface area contributed by atoms with Crippen molar-refractivity contribution in [3.63, 3.8) is 0 Å². The van der Waals surface area contributed by atoms with Gasteiger partial charge in [0.25, 0.3) is 0 Å². The second-order valence-electron chi connectivity index (χ2n) is 5.71. The minimum atomic E-state index is 0. The minimum absolute atomic E-state index is 0. The first-order chi connectivity index (χ1) is 10.6. The molecule has 1 aliphatic rings. The van der Waals surface area contributed by atoms with Crippen molar-refractivity contribution in [3.05, 3.63) is 17.3 Å². The topological polar surface area (TPSA) is 47.5 Å². The number of aromatic nitrogens is 2. The van der Waals surface area contributed by atoms with E-state index in [1.165, 1.54) is 6.42 Å². The maximum absolute atomic E-state index is 6.37. The summed E-state index contributed by atoms with van der Waals surface area (Å²) in [5, 5.41) is 1.22. The van der Waals surface area contributed by atoms with Crippen LogP contribution in [0.2, 0.25) is 5.15 Å². The molecule has 5 nitrogen and oxygen atoms in total. The van der Waals surface area contributed by atoms with E-state index in [4.69, 9.17) is 26.1 Å². The molecular formula is C16H21Cl2N3O2. The molecule has 0 N–H and O–H groups in total. The normalized spacial score (nSPS) is 17.7. The van der Waals surface area contributed by atoms with Crippen molar-refractivity contribution < 1.29 is 9.47 Å². The van der Waals surface area contributed by atoms with E-state index >= 15 is 0 Å². The first-order valence-corrected chi connectivity index (χ1v) is 7.85. The molecule has 7 heteroatoms. The van der Waals surface area contributed by atoms with E-state index in [1.807, 2.05) is 12.1 Å². The van der Waals surface area contributed by atoms with Gasteiger partial charge in [0.15, 0.2) is 11.5 Å². The van der Waals surface area contributed by atoms with Crippen LogP contribution in [0.3, 0.4) is 0 Å². The summed E-state index contributed by atoms with van der Waals surface area (Å²) < 4.78 is 10.8. The Morgan fingerprint density at radius 2 is 2.00 bits per heavy atom. The standard InChI is InChI=1S/C16H20ClN3O2.ClH/c1-10-5-4-8-20(9-10)16-18-13-11(15(17)19-16)6-7-12(21-2)14(13)22-3;/h6-7,10H,4-5,8-9H2,1-3H3;1H. The van der Waals surface area contributed by atoms with Crippen LogP contribution in [0.5, 0.6) is 11.5 Å². The molecule has 1 saturated heterocycles. The molecule has 0 saturated carbocycles. The van der Waals surface area contributed by atoms with Gasteiger partial charge in [0, 0.05) is 18.5 Å². The van der Waals surface area contributed by atoms with Crippen LogP contribution in [0, 0.1) is 5.92 Å². The fourth-order valence-electron chi connectivity index (χ4n) is 2.97. The quantitative estimate of drug-likeness (QED) is 0.778. The number of rotatable bonds is 3. The van der Waals surface area contributed by atoms with Gasteiger partial charge in [-0.05, 0) is 30.9 Å². The van der Waals surface area contributed by atoms with Gasteiger partial charge in [-0.15, -0.1) is 12.4 Å². The second-order valence-corrected chi connectivity index (χ2v) is 6.06. The molecule has 1 aromatic carbocycles. The molecule has 3 rings (SSSR count). The molecule has 0 aliphatic carbocycles. The lowest BCUT2D eigenvalue weighted by Gasteiger charge is -2.31. The van der Waals surface area contributed by atoms with Gasteiger partial charge >= 0.3 is 0 Å². The Morgan fingerprint density at radius 1 is 1.22 bits per heavy atom. The Kier molecular flexibility index (Phi) is 5.76. The first-order valence-electron chi connectivity index (χ1n) is 7.47. The van der Waals surface area contributed by atoms with Crippen LogP contribution in [0.1, 0.15) is 19.8 Å². The Hall–Kier alpha value is -1.46. The van der Waals surface area contributed by atoms with E-state index in [1.54, 1.807) is 14.2 Å². The molecule has 1 aliphatic heterocycles. The highest BCUT2D eigenvalue weighted by Crippen LogP contribution is 2.37. The van der Waals surface area contributed by atoms with Crippen LogP contribution in [0.15, 0.2) is 12.1 Å². The van der Waals surface area contributed by atoms with E-state index in [-0.39, 0.29) is 12.4 Å².